The highest BCUT2D eigenvalue weighted by Crippen LogP contribution is 2.43. The minimum absolute atomic E-state index is 0.00491. The minimum atomic E-state index is -0.933. The van der Waals surface area contributed by atoms with Gasteiger partial charge in [0, 0.05) is 16.6 Å². The van der Waals surface area contributed by atoms with Gasteiger partial charge in [-0.25, -0.2) is 9.37 Å². The Balaban J connectivity index is 1.37. The predicted octanol–water partition coefficient (Wildman–Crippen LogP) is 5.33. The molecule has 1 aliphatic carbocycles. The van der Waals surface area contributed by atoms with Crippen molar-refractivity contribution in [1.29, 1.82) is 0 Å². The van der Waals surface area contributed by atoms with Crippen molar-refractivity contribution >= 4 is 28.9 Å². The summed E-state index contributed by atoms with van der Waals surface area (Å²) >= 11 is 1.35. The predicted molar refractivity (Wildman–Crippen MR) is 122 cm³/mol. The van der Waals surface area contributed by atoms with E-state index in [4.69, 9.17) is 4.74 Å². The maximum atomic E-state index is 14.5. The van der Waals surface area contributed by atoms with E-state index in [0.29, 0.717) is 29.1 Å². The summed E-state index contributed by atoms with van der Waals surface area (Å²) in [5.74, 6) is -0.935. The first-order valence-corrected chi connectivity index (χ1v) is 11.6. The van der Waals surface area contributed by atoms with Gasteiger partial charge in [-0.2, -0.15) is 0 Å². The van der Waals surface area contributed by atoms with Crippen molar-refractivity contribution in [2.45, 2.75) is 51.0 Å². The molecule has 1 fully saturated rings. The number of carbonyl (C=O) groups is 2. The molecule has 0 spiro atoms. The molecule has 0 unspecified atom stereocenters. The summed E-state index contributed by atoms with van der Waals surface area (Å²) in [6.07, 6.45) is 3.02. The van der Waals surface area contributed by atoms with E-state index in [9.17, 15) is 14.0 Å². The van der Waals surface area contributed by atoms with Gasteiger partial charge < -0.3 is 10.1 Å². The van der Waals surface area contributed by atoms with E-state index < -0.39 is 11.4 Å². The fraction of sp³-hybridized carbons (Fsp3) is 0.320. The zero-order valence-electron chi connectivity index (χ0n) is 17.9. The van der Waals surface area contributed by atoms with Crippen LogP contribution in [0.2, 0.25) is 0 Å². The zero-order chi connectivity index (χ0) is 22.6. The Kier molecular flexibility index (Phi) is 6.65. The third-order valence-electron chi connectivity index (χ3n) is 5.92. The maximum Gasteiger partial charge on any atom is 0.317 e. The molecule has 3 aromatic rings. The smallest absolute Gasteiger partial charge is 0.317 e. The summed E-state index contributed by atoms with van der Waals surface area (Å²) in [7, 11) is 0. The number of carbonyl (C=O) groups excluding carboxylic acids is 2. The van der Waals surface area contributed by atoms with Gasteiger partial charge in [0.1, 0.15) is 17.4 Å². The van der Waals surface area contributed by atoms with Crippen LogP contribution >= 0.6 is 11.3 Å². The lowest BCUT2D eigenvalue weighted by Crippen LogP contribution is -2.35. The van der Waals surface area contributed by atoms with Crippen LogP contribution in [-0.2, 0) is 32.8 Å². The van der Waals surface area contributed by atoms with Crippen molar-refractivity contribution < 1.29 is 18.7 Å². The number of nitrogens with zero attached hydrogens (tertiary/aromatic N) is 1. The first-order chi connectivity index (χ1) is 15.5. The topological polar surface area (TPSA) is 68.3 Å². The molecule has 1 aromatic heterocycles. The Morgan fingerprint density at radius 3 is 2.59 bits per heavy atom. The van der Waals surface area contributed by atoms with E-state index in [0.717, 1.165) is 24.1 Å². The molecule has 5 nitrogen and oxygen atoms in total. The van der Waals surface area contributed by atoms with Crippen LogP contribution in [0.25, 0.3) is 0 Å². The van der Waals surface area contributed by atoms with Gasteiger partial charge in [-0.3, -0.25) is 9.59 Å². The van der Waals surface area contributed by atoms with Gasteiger partial charge in [-0.1, -0.05) is 49.2 Å². The van der Waals surface area contributed by atoms with Gasteiger partial charge in [-0.05, 0) is 37.5 Å². The number of nitrogens with one attached hydrogen (secondary N) is 1. The Hall–Kier alpha value is -3.06. The normalized spacial score (nSPS) is 14.8. The lowest BCUT2D eigenvalue weighted by Gasteiger charge is -2.27. The Bertz CT molecular complexity index is 1120. The van der Waals surface area contributed by atoms with E-state index >= 15 is 0 Å². The number of para-hydroxylation sites is 1. The van der Waals surface area contributed by atoms with E-state index in [1.54, 1.807) is 23.6 Å². The molecule has 0 bridgehead atoms. The SMILES string of the molecule is Cc1ccccc1NC(=O)Cc1nc(COC(=O)C2(c3ccccc3F)CCCC2)cs1. The van der Waals surface area contributed by atoms with Crippen LogP contribution in [0.4, 0.5) is 10.1 Å². The van der Waals surface area contributed by atoms with Crippen LogP contribution in [0.5, 0.6) is 0 Å². The summed E-state index contributed by atoms with van der Waals surface area (Å²) in [6, 6.07) is 14.0. The van der Waals surface area contributed by atoms with Crippen molar-refractivity contribution in [1.82, 2.24) is 4.98 Å². The lowest BCUT2D eigenvalue weighted by atomic mass is 9.78. The van der Waals surface area contributed by atoms with Gasteiger partial charge in [0.15, 0.2) is 0 Å². The first-order valence-electron chi connectivity index (χ1n) is 10.7. The highest BCUT2D eigenvalue weighted by molar-refractivity contribution is 7.09. The number of thiazole rings is 1. The third-order valence-corrected chi connectivity index (χ3v) is 6.82. The third kappa shape index (κ3) is 4.72. The van der Waals surface area contributed by atoms with Crippen molar-refractivity contribution in [3.8, 4) is 0 Å². The molecule has 1 heterocycles. The van der Waals surface area contributed by atoms with Crippen molar-refractivity contribution in [2.75, 3.05) is 5.32 Å². The Morgan fingerprint density at radius 1 is 1.12 bits per heavy atom. The lowest BCUT2D eigenvalue weighted by molar-refractivity contribution is -0.152. The molecular formula is C25H25FN2O3S. The number of hydrogen-bond donors (Lipinski definition) is 1. The zero-order valence-corrected chi connectivity index (χ0v) is 18.7. The van der Waals surface area contributed by atoms with E-state index in [1.807, 2.05) is 31.2 Å². The second-order valence-corrected chi connectivity index (χ2v) is 9.06. The highest BCUT2D eigenvalue weighted by atomic mass is 32.1. The fourth-order valence-corrected chi connectivity index (χ4v) is 5.01. The summed E-state index contributed by atoms with van der Waals surface area (Å²) in [6.45, 7) is 1.94. The monoisotopic (exact) mass is 452 g/mol. The fourth-order valence-electron chi connectivity index (χ4n) is 4.23. The number of rotatable bonds is 7. The molecular weight excluding hydrogens is 427 g/mol. The second-order valence-electron chi connectivity index (χ2n) is 8.12. The van der Waals surface area contributed by atoms with Gasteiger partial charge in [0.25, 0.3) is 0 Å². The van der Waals surface area contributed by atoms with Gasteiger partial charge in [0.2, 0.25) is 5.91 Å². The van der Waals surface area contributed by atoms with Gasteiger partial charge >= 0.3 is 5.97 Å². The molecule has 1 saturated carbocycles. The number of benzene rings is 2. The number of esters is 1. The molecule has 1 amide bonds. The Labute approximate surface area is 190 Å². The molecule has 7 heteroatoms. The Morgan fingerprint density at radius 2 is 1.84 bits per heavy atom. The maximum absolute atomic E-state index is 14.5. The number of halogens is 1. The standard InChI is InChI=1S/C25H25FN2O3S/c1-17-8-2-5-11-21(17)28-22(29)14-23-27-18(16-32-23)15-31-24(30)25(12-6-7-13-25)19-9-3-4-10-20(19)26/h2-5,8-11,16H,6-7,12-15H2,1H3,(H,28,29). The number of amides is 1. The molecule has 0 saturated heterocycles. The van der Waals surface area contributed by atoms with Crippen LogP contribution < -0.4 is 5.32 Å². The molecule has 4 rings (SSSR count). The minimum Gasteiger partial charge on any atom is -0.458 e. The van der Waals surface area contributed by atoms with Crippen molar-refractivity contribution in [2.24, 2.45) is 0 Å². The molecule has 1 aliphatic rings. The van der Waals surface area contributed by atoms with E-state index in [1.165, 1.54) is 17.4 Å². The molecule has 0 aliphatic heterocycles. The van der Waals surface area contributed by atoms with E-state index in [-0.39, 0.29) is 24.8 Å². The largest absolute Gasteiger partial charge is 0.458 e. The van der Waals surface area contributed by atoms with Gasteiger partial charge in [0.05, 0.1) is 17.5 Å². The number of aryl methyl sites for hydroxylation is 1. The summed E-state index contributed by atoms with van der Waals surface area (Å²) in [5.41, 5.74) is 1.83. The van der Waals surface area contributed by atoms with Crippen LogP contribution in [0, 0.1) is 12.7 Å². The number of aromatic nitrogens is 1. The molecule has 2 aromatic carbocycles. The average Bonchev–Trinajstić information content (AvgIpc) is 3.44. The number of hydrogen-bond acceptors (Lipinski definition) is 5. The van der Waals surface area contributed by atoms with Crippen LogP contribution in [0.3, 0.4) is 0 Å². The average molecular weight is 453 g/mol. The molecule has 0 atom stereocenters. The second kappa shape index (κ2) is 9.61. The highest BCUT2D eigenvalue weighted by Gasteiger charge is 2.45. The van der Waals surface area contributed by atoms with Gasteiger partial charge in [-0.15, -0.1) is 11.3 Å². The summed E-state index contributed by atoms with van der Waals surface area (Å²) in [4.78, 5) is 29.8. The summed E-state index contributed by atoms with van der Waals surface area (Å²) < 4.78 is 20.1. The molecule has 32 heavy (non-hydrogen) atoms. The number of anilines is 1. The quantitative estimate of drug-likeness (QED) is 0.492. The van der Waals surface area contributed by atoms with Crippen molar-refractivity contribution in [3.05, 3.63) is 81.6 Å². The van der Waals surface area contributed by atoms with Crippen LogP contribution in [0.15, 0.2) is 53.9 Å². The van der Waals surface area contributed by atoms with Crippen LogP contribution in [-0.4, -0.2) is 16.9 Å². The van der Waals surface area contributed by atoms with Crippen LogP contribution in [0.1, 0.15) is 47.5 Å². The molecule has 0 radical (unpaired) electrons. The van der Waals surface area contributed by atoms with Crippen molar-refractivity contribution in [3.63, 3.8) is 0 Å². The molecule has 1 N–H and O–H groups in total. The molecule has 166 valence electrons. The summed E-state index contributed by atoms with van der Waals surface area (Å²) in [5, 5.41) is 5.32. The first kappa shape index (κ1) is 22.1. The number of ether oxygens (including phenoxy) is 1. The van der Waals surface area contributed by atoms with E-state index in [2.05, 4.69) is 10.3 Å².